The first-order valence-corrected chi connectivity index (χ1v) is 2.74. The molecule has 0 N–H and O–H groups in total. The van der Waals surface area contributed by atoms with E-state index in [1.54, 1.807) is 0 Å². The maximum atomic E-state index is 10.5. The van der Waals surface area contributed by atoms with Crippen LogP contribution in [0.3, 0.4) is 0 Å². The molecule has 0 fully saturated rings. The highest BCUT2D eigenvalue weighted by Gasteiger charge is 2.42. The first-order chi connectivity index (χ1) is 2.56. The molecule has 0 saturated heterocycles. The summed E-state index contributed by atoms with van der Waals surface area (Å²) < 4.78 is 42.0. The molecule has 0 aromatic carbocycles. The molecule has 0 aromatic rings. The van der Waals surface area contributed by atoms with Gasteiger partial charge >= 0.3 is 8.19 Å². The molecule has 0 radical (unpaired) electrons. The van der Waals surface area contributed by atoms with E-state index in [0.717, 1.165) is 0 Å². The summed E-state index contributed by atoms with van der Waals surface area (Å²) in [5, 5.41) is 0. The molecule has 5 heteroatoms. The second-order valence-electron chi connectivity index (χ2n) is 0.670. The Morgan fingerprint density at radius 3 is 1.33 bits per heavy atom. The van der Waals surface area contributed by atoms with E-state index in [9.17, 15) is 17.0 Å². The van der Waals surface area contributed by atoms with Crippen molar-refractivity contribution < 1.29 is 17.0 Å². The third kappa shape index (κ3) is 4.15. The number of hydrogen-bond donors (Lipinski definition) is 0. The lowest BCUT2D eigenvalue weighted by Crippen LogP contribution is -1.64. The predicted octanol–water partition coefficient (Wildman–Crippen LogP) is 2.58. The first-order valence-electron chi connectivity index (χ1n) is 1.09. The molecule has 0 amide bonds. The van der Waals surface area contributed by atoms with E-state index in [1.807, 2.05) is 0 Å². The maximum Gasteiger partial charge on any atom is 0.599 e. The maximum absolute atomic E-state index is 10.5. The van der Waals surface area contributed by atoms with Crippen LogP contribution in [0.5, 0.6) is 0 Å². The van der Waals surface area contributed by atoms with Crippen molar-refractivity contribution >= 4 is 8.19 Å². The lowest BCUT2D eigenvalue weighted by atomic mass is 11.8. The minimum Gasteiger partial charge on any atom is -0.196 e. The zero-order valence-electron chi connectivity index (χ0n) is 2.67. The molecule has 0 aliphatic heterocycles. The minimum atomic E-state index is -5.56. The van der Waals surface area contributed by atoms with Crippen LogP contribution in [-0.2, 0) is 0 Å². The average molecular weight is 121 g/mol. The average Bonchev–Trinajstić information content (AvgIpc) is 1.35. The van der Waals surface area contributed by atoms with Crippen LogP contribution in [0.4, 0.5) is 17.0 Å². The molecule has 0 saturated carbocycles. The van der Waals surface area contributed by atoms with Crippen molar-refractivity contribution in [3.05, 3.63) is 0 Å². The number of alkyl halides is 1. The van der Waals surface area contributed by atoms with Crippen molar-refractivity contribution in [2.24, 2.45) is 0 Å². The zero-order chi connectivity index (χ0) is 5.21. The Bertz CT molecular complexity index is 37.3. The van der Waals surface area contributed by atoms with Crippen molar-refractivity contribution in [1.29, 1.82) is 0 Å². The normalized spacial score (nSPS) is 12.0. The lowest BCUT2D eigenvalue weighted by molar-refractivity contribution is 0.492. The Morgan fingerprint density at radius 2 is 1.33 bits per heavy atom. The smallest absolute Gasteiger partial charge is 0.196 e. The van der Waals surface area contributed by atoms with E-state index in [0.29, 0.717) is 0 Å². The van der Waals surface area contributed by atoms with Gasteiger partial charge in [0, 0.05) is 12.6 Å². The summed E-state index contributed by atoms with van der Waals surface area (Å²) in [5.74, 6) is 0. The van der Waals surface area contributed by atoms with Crippen LogP contribution in [0.1, 0.15) is 0 Å². The van der Waals surface area contributed by atoms with Gasteiger partial charge in [0.25, 0.3) is 6.42 Å². The monoisotopic (exact) mass is 121 g/mol. The predicted molar refractivity (Wildman–Crippen MR) is 16.2 cm³/mol. The van der Waals surface area contributed by atoms with Crippen molar-refractivity contribution in [3.63, 3.8) is 0 Å². The Morgan fingerprint density at radius 1 is 1.17 bits per heavy atom. The fourth-order valence-electron chi connectivity index (χ4n) is 0. The van der Waals surface area contributed by atoms with Gasteiger partial charge in [-0.25, -0.2) is 0 Å². The van der Waals surface area contributed by atoms with E-state index in [1.165, 1.54) is 0 Å². The van der Waals surface area contributed by atoms with Crippen molar-refractivity contribution in [1.82, 2.24) is 0 Å². The van der Waals surface area contributed by atoms with E-state index < -0.39 is 14.6 Å². The van der Waals surface area contributed by atoms with Crippen LogP contribution in [-0.4, -0.2) is 6.42 Å². The molecule has 0 aliphatic carbocycles. The van der Waals surface area contributed by atoms with Crippen LogP contribution in [0.2, 0.25) is 0 Å². The van der Waals surface area contributed by atoms with Gasteiger partial charge in [-0.3, -0.25) is 0 Å². The highest BCUT2D eigenvalue weighted by molar-refractivity contribution is 7.60. The molecule has 0 rings (SSSR count). The molecule has 0 nitrogen and oxygen atoms in total. The van der Waals surface area contributed by atoms with Gasteiger partial charge in [0.05, 0.1) is 0 Å². The van der Waals surface area contributed by atoms with E-state index in [2.05, 4.69) is 0 Å². The van der Waals surface area contributed by atoms with Crippen LogP contribution in [0.25, 0.3) is 0 Å². The van der Waals surface area contributed by atoms with Crippen LogP contribution < -0.4 is 0 Å². The molecule has 0 unspecified atom stereocenters. The third-order valence-electron chi connectivity index (χ3n) is 0.136. The Balaban J connectivity index is 3.17. The van der Waals surface area contributed by atoms with Crippen molar-refractivity contribution in [3.8, 4) is 0 Å². The van der Waals surface area contributed by atoms with E-state index >= 15 is 0 Å². The van der Waals surface area contributed by atoms with Gasteiger partial charge in [-0.15, -0.1) is 0 Å². The van der Waals surface area contributed by atoms with Gasteiger partial charge in [0.2, 0.25) is 0 Å². The molecule has 6 heavy (non-hydrogen) atoms. The highest BCUT2D eigenvalue weighted by Crippen LogP contribution is 2.64. The third-order valence-corrected chi connectivity index (χ3v) is 0.407. The van der Waals surface area contributed by atoms with E-state index in [4.69, 9.17) is 0 Å². The molecule has 38 valence electrons. The summed E-state index contributed by atoms with van der Waals surface area (Å²) in [7, 11) is -5.56. The number of halogens is 4. The fraction of sp³-hybridized carbons (Fsp3) is 1.00. The summed E-state index contributed by atoms with van der Waals surface area (Å²) in [5.41, 5.74) is 0. The summed E-state index contributed by atoms with van der Waals surface area (Å²) in [6.07, 6.45) is -2.12. The SMILES string of the molecule is FC[P+](F)(F)F. The summed E-state index contributed by atoms with van der Waals surface area (Å²) in [6, 6.07) is 0. The van der Waals surface area contributed by atoms with Crippen LogP contribution in [0, 0.1) is 0 Å². The highest BCUT2D eigenvalue weighted by atomic mass is 31.3. The Hall–Kier alpha value is 0.150. The molecule has 0 atom stereocenters. The topological polar surface area (TPSA) is 0 Å². The molecular weight excluding hydrogens is 119 g/mol. The van der Waals surface area contributed by atoms with Gasteiger partial charge in [0.1, 0.15) is 0 Å². The lowest BCUT2D eigenvalue weighted by Gasteiger charge is -1.77. The van der Waals surface area contributed by atoms with Gasteiger partial charge in [-0.1, -0.05) is 0 Å². The van der Waals surface area contributed by atoms with Gasteiger partial charge in [-0.2, -0.15) is 4.39 Å². The fourth-order valence-corrected chi connectivity index (χ4v) is 0. The standard InChI is InChI=1S/CH2F4P/c2-1-6(3,4)5/h1H2/q+1. The van der Waals surface area contributed by atoms with Crippen molar-refractivity contribution in [2.75, 3.05) is 6.42 Å². The Kier molecular flexibility index (Phi) is 1.78. The number of hydrogen-bond acceptors (Lipinski definition) is 0. The molecule has 0 aliphatic rings. The van der Waals surface area contributed by atoms with Gasteiger partial charge < -0.3 is 0 Å². The van der Waals surface area contributed by atoms with Crippen LogP contribution >= 0.6 is 8.19 Å². The number of rotatable bonds is 1. The molecule has 0 aromatic heterocycles. The summed E-state index contributed by atoms with van der Waals surface area (Å²) >= 11 is 0. The largest absolute Gasteiger partial charge is 0.599 e. The molecule has 0 spiro atoms. The zero-order valence-corrected chi connectivity index (χ0v) is 3.56. The van der Waals surface area contributed by atoms with Crippen LogP contribution in [0.15, 0.2) is 0 Å². The summed E-state index contributed by atoms with van der Waals surface area (Å²) in [6.45, 7) is 0. The van der Waals surface area contributed by atoms with Gasteiger partial charge in [-0.05, 0) is 0 Å². The molecule has 0 heterocycles. The molecular formula is CH2F4P+. The van der Waals surface area contributed by atoms with Crippen molar-refractivity contribution in [2.45, 2.75) is 0 Å². The Labute approximate surface area is 32.9 Å². The van der Waals surface area contributed by atoms with E-state index in [-0.39, 0.29) is 0 Å². The summed E-state index contributed by atoms with van der Waals surface area (Å²) in [4.78, 5) is 0. The quantitative estimate of drug-likeness (QED) is 0.369. The first kappa shape index (κ1) is 6.15. The minimum absolute atomic E-state index is 2.12. The molecule has 0 bridgehead atoms. The second-order valence-corrected chi connectivity index (χ2v) is 2.01. The van der Waals surface area contributed by atoms with Gasteiger partial charge in [0.15, 0.2) is 0 Å². The second kappa shape index (κ2) is 1.73.